The van der Waals surface area contributed by atoms with Crippen LogP contribution in [0, 0.1) is 0 Å². The van der Waals surface area contributed by atoms with Gasteiger partial charge in [-0.15, -0.1) is 12.4 Å². The van der Waals surface area contributed by atoms with Crippen LogP contribution < -0.4 is 10.6 Å². The fourth-order valence-corrected chi connectivity index (χ4v) is 1.63. The van der Waals surface area contributed by atoms with Crippen LogP contribution in [0.15, 0.2) is 12.5 Å². The Morgan fingerprint density at radius 2 is 2.10 bits per heavy atom. The lowest BCUT2D eigenvalue weighted by molar-refractivity contribution is 0.0951. The molecule has 1 rings (SSSR count). The lowest BCUT2D eigenvalue weighted by Gasteiger charge is -2.11. The molecule has 20 heavy (non-hydrogen) atoms. The largest absolute Gasteiger partial charge is 0.383 e. The summed E-state index contributed by atoms with van der Waals surface area (Å²) in [5.41, 5.74) is 1.33. The Labute approximate surface area is 126 Å². The molecule has 7 heteroatoms. The molecule has 0 aliphatic rings. The minimum Gasteiger partial charge on any atom is -0.383 e. The summed E-state index contributed by atoms with van der Waals surface area (Å²) < 4.78 is 4.91. The van der Waals surface area contributed by atoms with Crippen molar-refractivity contribution in [3.05, 3.63) is 23.8 Å². The number of amides is 1. The maximum atomic E-state index is 12.0. The number of rotatable bonds is 8. The van der Waals surface area contributed by atoms with Crippen molar-refractivity contribution >= 4 is 18.3 Å². The highest BCUT2D eigenvalue weighted by atomic mass is 35.5. The molecule has 1 heterocycles. The van der Waals surface area contributed by atoms with Crippen LogP contribution in [0.5, 0.6) is 0 Å². The van der Waals surface area contributed by atoms with Crippen molar-refractivity contribution in [2.24, 2.45) is 0 Å². The number of hydrogen-bond donors (Lipinski definition) is 2. The van der Waals surface area contributed by atoms with Gasteiger partial charge in [0, 0.05) is 32.9 Å². The summed E-state index contributed by atoms with van der Waals surface area (Å²) in [6, 6.07) is 0. The van der Waals surface area contributed by atoms with E-state index < -0.39 is 0 Å². The second-order valence-corrected chi connectivity index (χ2v) is 4.48. The summed E-state index contributed by atoms with van der Waals surface area (Å²) in [7, 11) is 1.66. The second kappa shape index (κ2) is 10.5. The Kier molecular flexibility index (Phi) is 9.88. The maximum absolute atomic E-state index is 12.0. The molecule has 1 aromatic heterocycles. The predicted molar refractivity (Wildman–Crippen MR) is 80.4 cm³/mol. The number of ether oxygens (including phenoxy) is 1. The number of carbonyl (C=O) groups excluding carboxylic acids is 1. The van der Waals surface area contributed by atoms with Gasteiger partial charge in [0.05, 0.1) is 17.9 Å². The van der Waals surface area contributed by atoms with Crippen LogP contribution in [0.25, 0.3) is 0 Å². The first-order chi connectivity index (χ1) is 9.16. The highest BCUT2D eigenvalue weighted by molar-refractivity contribution is 5.95. The van der Waals surface area contributed by atoms with E-state index in [2.05, 4.69) is 20.6 Å². The Morgan fingerprint density at radius 3 is 2.75 bits per heavy atom. The third kappa shape index (κ3) is 6.27. The lowest BCUT2D eigenvalue weighted by atomic mass is 10.0. The van der Waals surface area contributed by atoms with Gasteiger partial charge in [-0.2, -0.15) is 0 Å². The first-order valence-electron chi connectivity index (χ1n) is 6.44. The molecule has 0 saturated carbocycles. The predicted octanol–water partition coefficient (Wildman–Crippen LogP) is 0.988. The van der Waals surface area contributed by atoms with Crippen LogP contribution in [0.2, 0.25) is 0 Å². The molecule has 0 spiro atoms. The third-order valence-corrected chi connectivity index (χ3v) is 2.60. The molecular weight excluding hydrogens is 280 g/mol. The van der Waals surface area contributed by atoms with Gasteiger partial charge in [0.2, 0.25) is 0 Å². The average Bonchev–Trinajstić information content (AvgIpc) is 2.42. The van der Waals surface area contributed by atoms with E-state index in [9.17, 15) is 4.79 Å². The Morgan fingerprint density at radius 1 is 1.35 bits per heavy atom. The van der Waals surface area contributed by atoms with Crippen LogP contribution in [0.1, 0.15) is 35.8 Å². The molecule has 0 aliphatic heterocycles. The smallest absolute Gasteiger partial charge is 0.254 e. The highest BCUT2D eigenvalue weighted by Gasteiger charge is 2.14. The maximum Gasteiger partial charge on any atom is 0.254 e. The van der Waals surface area contributed by atoms with E-state index in [1.165, 1.54) is 6.33 Å². The number of carbonyl (C=O) groups is 1. The van der Waals surface area contributed by atoms with E-state index in [0.29, 0.717) is 25.3 Å². The van der Waals surface area contributed by atoms with E-state index in [1.807, 2.05) is 13.8 Å². The van der Waals surface area contributed by atoms with Crippen LogP contribution in [-0.2, 0) is 4.74 Å². The number of aromatic nitrogens is 2. The topological polar surface area (TPSA) is 76.1 Å². The van der Waals surface area contributed by atoms with Gasteiger partial charge in [-0.05, 0) is 5.92 Å². The third-order valence-electron chi connectivity index (χ3n) is 2.60. The van der Waals surface area contributed by atoms with E-state index in [-0.39, 0.29) is 24.2 Å². The van der Waals surface area contributed by atoms with E-state index in [1.54, 1.807) is 13.3 Å². The second-order valence-electron chi connectivity index (χ2n) is 4.48. The number of halogens is 1. The Hall–Kier alpha value is -1.24. The molecule has 0 atom stereocenters. The SMILES string of the molecule is COCCNCCNC(=O)c1cncnc1C(C)C.Cl. The first kappa shape index (κ1) is 18.8. The van der Waals surface area contributed by atoms with Crippen molar-refractivity contribution in [1.29, 1.82) is 0 Å². The van der Waals surface area contributed by atoms with Crippen LogP contribution in [0.3, 0.4) is 0 Å². The van der Waals surface area contributed by atoms with Crippen molar-refractivity contribution in [2.75, 3.05) is 33.4 Å². The Bertz CT molecular complexity index is 402. The van der Waals surface area contributed by atoms with Crippen molar-refractivity contribution in [3.8, 4) is 0 Å². The summed E-state index contributed by atoms with van der Waals surface area (Å²) in [5, 5.41) is 6.01. The molecule has 1 aromatic rings. The molecule has 2 N–H and O–H groups in total. The quantitative estimate of drug-likeness (QED) is 0.700. The number of hydrogen-bond acceptors (Lipinski definition) is 5. The molecular formula is C13H23ClN4O2. The molecule has 6 nitrogen and oxygen atoms in total. The van der Waals surface area contributed by atoms with E-state index in [0.717, 1.165) is 12.2 Å². The molecule has 0 radical (unpaired) electrons. The average molecular weight is 303 g/mol. The minimum atomic E-state index is -0.127. The summed E-state index contributed by atoms with van der Waals surface area (Å²) in [6.45, 7) is 6.72. The summed E-state index contributed by atoms with van der Waals surface area (Å²) >= 11 is 0. The van der Waals surface area contributed by atoms with Gasteiger partial charge >= 0.3 is 0 Å². The van der Waals surface area contributed by atoms with Crippen LogP contribution >= 0.6 is 12.4 Å². The fourth-order valence-electron chi connectivity index (χ4n) is 1.63. The minimum absolute atomic E-state index is 0. The molecule has 0 aliphatic carbocycles. The van der Waals surface area contributed by atoms with Crippen molar-refractivity contribution in [1.82, 2.24) is 20.6 Å². The molecule has 0 saturated heterocycles. The van der Waals surface area contributed by atoms with Gasteiger partial charge in [-0.3, -0.25) is 4.79 Å². The van der Waals surface area contributed by atoms with Crippen LogP contribution in [-0.4, -0.2) is 49.2 Å². The number of nitrogens with one attached hydrogen (secondary N) is 2. The monoisotopic (exact) mass is 302 g/mol. The molecule has 0 bridgehead atoms. The summed E-state index contributed by atoms with van der Waals surface area (Å²) in [4.78, 5) is 20.1. The number of methoxy groups -OCH3 is 1. The summed E-state index contributed by atoms with van der Waals surface area (Å²) in [5.74, 6) is 0.0708. The van der Waals surface area contributed by atoms with Crippen LogP contribution in [0.4, 0.5) is 0 Å². The van der Waals surface area contributed by atoms with Gasteiger partial charge in [0.15, 0.2) is 0 Å². The van der Waals surface area contributed by atoms with Gasteiger partial charge in [-0.1, -0.05) is 13.8 Å². The highest BCUT2D eigenvalue weighted by Crippen LogP contribution is 2.14. The summed E-state index contributed by atoms with van der Waals surface area (Å²) in [6.07, 6.45) is 3.04. The van der Waals surface area contributed by atoms with E-state index in [4.69, 9.17) is 4.74 Å². The standard InChI is InChI=1S/C13H22N4O2.ClH/c1-10(2)12-11(8-15-9-17-12)13(18)16-5-4-14-6-7-19-3;/h8-10,14H,4-7H2,1-3H3,(H,16,18);1H. The zero-order valence-electron chi connectivity index (χ0n) is 12.2. The zero-order chi connectivity index (χ0) is 14.1. The van der Waals surface area contributed by atoms with Crippen molar-refractivity contribution < 1.29 is 9.53 Å². The van der Waals surface area contributed by atoms with Gasteiger partial charge in [0.1, 0.15) is 6.33 Å². The molecule has 0 fully saturated rings. The lowest BCUT2D eigenvalue weighted by Crippen LogP contribution is -2.33. The van der Waals surface area contributed by atoms with E-state index >= 15 is 0 Å². The molecule has 1 amide bonds. The zero-order valence-corrected chi connectivity index (χ0v) is 13.0. The van der Waals surface area contributed by atoms with Crippen molar-refractivity contribution in [2.45, 2.75) is 19.8 Å². The van der Waals surface area contributed by atoms with Gasteiger partial charge in [0.25, 0.3) is 5.91 Å². The Balaban J connectivity index is 0.00000361. The van der Waals surface area contributed by atoms with Gasteiger partial charge < -0.3 is 15.4 Å². The molecule has 0 aromatic carbocycles. The van der Waals surface area contributed by atoms with Crippen molar-refractivity contribution in [3.63, 3.8) is 0 Å². The number of nitrogens with zero attached hydrogens (tertiary/aromatic N) is 2. The van der Waals surface area contributed by atoms with Gasteiger partial charge in [-0.25, -0.2) is 9.97 Å². The molecule has 114 valence electrons. The fraction of sp³-hybridized carbons (Fsp3) is 0.615. The normalized spacial score (nSPS) is 10.2. The molecule has 0 unspecified atom stereocenters. The first-order valence-corrected chi connectivity index (χ1v) is 6.44.